The molecule has 0 amide bonds. The Morgan fingerprint density at radius 3 is 2.59 bits per heavy atom. The smallest absolute Gasteiger partial charge is 0.341 e. The predicted octanol–water partition coefficient (Wildman–Crippen LogP) is 4.52. The summed E-state index contributed by atoms with van der Waals surface area (Å²) in [5, 5.41) is 9.65. The number of aromatic nitrogens is 1. The van der Waals surface area contributed by atoms with E-state index in [-0.39, 0.29) is 28.8 Å². The van der Waals surface area contributed by atoms with E-state index in [9.17, 15) is 14.7 Å². The summed E-state index contributed by atoms with van der Waals surface area (Å²) < 4.78 is 36.7. The number of anilines is 1. The Balaban J connectivity index is 0.913. The number of nitrogens with zero attached hydrogens (tertiary/aromatic N) is 3. The zero-order valence-electron chi connectivity index (χ0n) is 26.8. The van der Waals surface area contributed by atoms with Gasteiger partial charge in [-0.05, 0) is 63.0 Å². The Hall–Kier alpha value is -2.61. The minimum atomic E-state index is -1.29. The van der Waals surface area contributed by atoms with Crippen LogP contribution >= 0.6 is 0 Å². The predicted molar refractivity (Wildman–Crippen MR) is 165 cm³/mol. The molecule has 46 heavy (non-hydrogen) atoms. The summed E-state index contributed by atoms with van der Waals surface area (Å²) in [5.74, 6) is -1.46. The zero-order valence-corrected chi connectivity index (χ0v) is 26.8. The van der Waals surface area contributed by atoms with Crippen molar-refractivity contribution in [2.24, 2.45) is 23.7 Å². The van der Waals surface area contributed by atoms with Crippen LogP contribution in [0.25, 0.3) is 10.9 Å². The SMILES string of the molecule is C[C@H]1[C@@H](OCCN2CCN(c3cc4c(cc3F)c(=O)c(C(=O)O)cn4C3CC3)CC2)O[C@@H]2O[C@@]3(C)CC[C@H]4[C@H](C)CC[C@@H]1[C@@]24OO3. The molecule has 2 aromatic rings. The lowest BCUT2D eigenvalue weighted by Gasteiger charge is -2.60. The van der Waals surface area contributed by atoms with Gasteiger partial charge in [-0.25, -0.2) is 19.0 Å². The van der Waals surface area contributed by atoms with E-state index in [0.29, 0.717) is 42.7 Å². The Kier molecular flexibility index (Phi) is 7.50. The van der Waals surface area contributed by atoms with E-state index in [2.05, 4.69) is 18.7 Å². The van der Waals surface area contributed by atoms with Crippen molar-refractivity contribution in [3.05, 3.63) is 39.9 Å². The van der Waals surface area contributed by atoms with Crippen LogP contribution in [0.4, 0.5) is 10.1 Å². The fraction of sp³-hybridized carbons (Fsp3) is 0.706. The molecule has 5 saturated heterocycles. The highest BCUT2D eigenvalue weighted by atomic mass is 19.1. The number of carbonyl (C=O) groups is 1. The summed E-state index contributed by atoms with van der Waals surface area (Å²) in [7, 11) is 0. The van der Waals surface area contributed by atoms with Gasteiger partial charge in [-0.15, -0.1) is 0 Å². The Morgan fingerprint density at radius 2 is 1.85 bits per heavy atom. The molecule has 7 aliphatic rings. The van der Waals surface area contributed by atoms with Gasteiger partial charge in [0.15, 0.2) is 18.2 Å². The second-order valence-corrected chi connectivity index (χ2v) is 14.6. The first-order valence-corrected chi connectivity index (χ1v) is 17.0. The van der Waals surface area contributed by atoms with Gasteiger partial charge in [0.2, 0.25) is 11.2 Å². The second-order valence-electron chi connectivity index (χ2n) is 14.6. The summed E-state index contributed by atoms with van der Waals surface area (Å²) in [4.78, 5) is 41.0. The van der Waals surface area contributed by atoms with Gasteiger partial charge in [0.1, 0.15) is 11.4 Å². The zero-order chi connectivity index (χ0) is 32.0. The summed E-state index contributed by atoms with van der Waals surface area (Å²) in [6.45, 7) is 10.4. The average molecular weight is 642 g/mol. The third-order valence-corrected chi connectivity index (χ3v) is 11.8. The molecular formula is C34H44FN3O8. The summed E-state index contributed by atoms with van der Waals surface area (Å²) in [5.41, 5.74) is -0.544. The molecule has 1 spiro atoms. The second kappa shape index (κ2) is 11.2. The standard InChI is InChI=1S/C34H44FN3O8/c1-19-4-7-25-20(2)31(43-32-34(25)24(19)8-9-33(3,44-32)45-46-34)42-15-14-36-10-12-37(13-11-36)28-17-27-22(16-26(28)35)29(39)23(30(40)41)18-38(27)21-5-6-21/h16-21,24-25,31-32H,4-15H2,1-3H3,(H,40,41)/t19-,20-,24+,25+,31+,32-,33-,34-/m1/s1. The maximum absolute atomic E-state index is 15.4. The van der Waals surface area contributed by atoms with Crippen LogP contribution in [0.3, 0.4) is 0 Å². The molecule has 6 heterocycles. The van der Waals surface area contributed by atoms with Crippen molar-refractivity contribution in [3.63, 3.8) is 0 Å². The number of piperazine rings is 1. The molecule has 5 aliphatic heterocycles. The lowest BCUT2D eigenvalue weighted by molar-refractivity contribution is -0.577. The van der Waals surface area contributed by atoms with E-state index in [1.165, 1.54) is 12.3 Å². The van der Waals surface area contributed by atoms with Gasteiger partial charge in [0.05, 0.1) is 17.8 Å². The van der Waals surface area contributed by atoms with Crippen molar-refractivity contribution < 1.29 is 38.3 Å². The van der Waals surface area contributed by atoms with E-state index in [4.69, 9.17) is 24.0 Å². The van der Waals surface area contributed by atoms with E-state index in [1.807, 2.05) is 16.4 Å². The van der Waals surface area contributed by atoms with Crippen molar-refractivity contribution in [2.45, 2.75) is 89.3 Å². The molecule has 250 valence electrons. The topological polar surface area (TPSA) is 112 Å². The van der Waals surface area contributed by atoms with Crippen LogP contribution in [-0.4, -0.2) is 83.8 Å². The molecule has 2 bridgehead atoms. The molecule has 1 aromatic carbocycles. The number of carboxylic acid groups (broad SMARTS) is 1. The van der Waals surface area contributed by atoms with Gasteiger partial charge in [-0.1, -0.05) is 13.8 Å². The molecule has 0 unspecified atom stereocenters. The van der Waals surface area contributed by atoms with Crippen LogP contribution in [0.15, 0.2) is 23.1 Å². The van der Waals surface area contributed by atoms with E-state index in [0.717, 1.165) is 58.2 Å². The van der Waals surface area contributed by atoms with Crippen molar-refractivity contribution in [3.8, 4) is 0 Å². The molecule has 1 N–H and O–H groups in total. The molecule has 1 aromatic heterocycles. The maximum Gasteiger partial charge on any atom is 0.341 e. The normalized spacial score (nSPS) is 37.7. The largest absolute Gasteiger partial charge is 0.477 e. The Bertz CT molecular complexity index is 1590. The monoisotopic (exact) mass is 641 g/mol. The lowest BCUT2D eigenvalue weighted by Crippen LogP contribution is -2.70. The lowest BCUT2D eigenvalue weighted by atomic mass is 9.58. The number of benzene rings is 1. The highest BCUT2D eigenvalue weighted by Crippen LogP contribution is 2.60. The Morgan fingerprint density at radius 1 is 1.07 bits per heavy atom. The first-order valence-electron chi connectivity index (χ1n) is 17.0. The molecular weight excluding hydrogens is 597 g/mol. The van der Waals surface area contributed by atoms with Gasteiger partial charge >= 0.3 is 5.97 Å². The van der Waals surface area contributed by atoms with Gasteiger partial charge in [0, 0.05) is 68.6 Å². The number of hydrogen-bond donors (Lipinski definition) is 1. The van der Waals surface area contributed by atoms with Crippen LogP contribution in [0.2, 0.25) is 0 Å². The number of carboxylic acids is 1. The average Bonchev–Trinajstić information content (AvgIpc) is 3.89. The number of rotatable bonds is 7. The maximum atomic E-state index is 15.4. The molecule has 7 fully saturated rings. The number of aromatic carboxylic acids is 1. The molecule has 12 heteroatoms. The van der Waals surface area contributed by atoms with Crippen molar-refractivity contribution >= 4 is 22.6 Å². The number of hydrogen-bond acceptors (Lipinski definition) is 9. The van der Waals surface area contributed by atoms with Crippen molar-refractivity contribution in [2.75, 3.05) is 44.2 Å². The molecule has 11 nitrogen and oxygen atoms in total. The highest BCUT2D eigenvalue weighted by Gasteiger charge is 2.69. The number of ether oxygens (including phenoxy) is 3. The summed E-state index contributed by atoms with van der Waals surface area (Å²) in [6, 6.07) is 3.07. The van der Waals surface area contributed by atoms with Crippen LogP contribution in [-0.2, 0) is 24.0 Å². The van der Waals surface area contributed by atoms with E-state index < -0.39 is 41.2 Å². The number of pyridine rings is 1. The summed E-state index contributed by atoms with van der Waals surface area (Å²) in [6.07, 6.45) is 6.24. The summed E-state index contributed by atoms with van der Waals surface area (Å²) >= 11 is 0. The minimum Gasteiger partial charge on any atom is -0.477 e. The third kappa shape index (κ3) is 4.90. The first-order chi connectivity index (χ1) is 22.1. The molecule has 9 rings (SSSR count). The molecule has 8 atom stereocenters. The van der Waals surface area contributed by atoms with Crippen LogP contribution in [0.5, 0.6) is 0 Å². The first kappa shape index (κ1) is 30.7. The third-order valence-electron chi connectivity index (χ3n) is 11.8. The molecule has 2 aliphatic carbocycles. The van der Waals surface area contributed by atoms with Gasteiger partial charge < -0.3 is 28.8 Å². The van der Waals surface area contributed by atoms with Gasteiger partial charge in [-0.2, -0.15) is 0 Å². The minimum absolute atomic E-state index is 0.113. The van der Waals surface area contributed by atoms with Crippen LogP contribution in [0.1, 0.15) is 75.7 Å². The molecule has 0 radical (unpaired) electrons. The number of halogens is 1. The molecule has 2 saturated carbocycles. The van der Waals surface area contributed by atoms with Crippen LogP contribution in [0, 0.1) is 29.5 Å². The number of fused-ring (bicyclic) bond motifs is 3. The van der Waals surface area contributed by atoms with E-state index in [1.54, 1.807) is 6.07 Å². The Labute approximate surface area is 267 Å². The fourth-order valence-corrected chi connectivity index (χ4v) is 8.98. The quantitative estimate of drug-likeness (QED) is 0.433. The van der Waals surface area contributed by atoms with Crippen LogP contribution < -0.4 is 10.3 Å². The highest BCUT2D eigenvalue weighted by molar-refractivity contribution is 5.93. The van der Waals surface area contributed by atoms with Crippen molar-refractivity contribution in [1.29, 1.82) is 0 Å². The van der Waals surface area contributed by atoms with Gasteiger partial charge in [0.25, 0.3) is 0 Å². The van der Waals surface area contributed by atoms with E-state index >= 15 is 4.39 Å². The van der Waals surface area contributed by atoms with Gasteiger partial charge in [-0.3, -0.25) is 9.69 Å². The fourth-order valence-electron chi connectivity index (χ4n) is 8.98. The van der Waals surface area contributed by atoms with Crippen molar-refractivity contribution in [1.82, 2.24) is 9.47 Å².